The summed E-state index contributed by atoms with van der Waals surface area (Å²) in [5.41, 5.74) is 7.46. The molecular formula is C17H14N2O3. The molecule has 3 aromatic rings. The fourth-order valence-electron chi connectivity index (χ4n) is 2.21. The van der Waals surface area contributed by atoms with Crippen LogP contribution >= 0.6 is 0 Å². The van der Waals surface area contributed by atoms with E-state index < -0.39 is 11.5 Å². The van der Waals surface area contributed by atoms with E-state index in [0.29, 0.717) is 22.3 Å². The average molecular weight is 294 g/mol. The van der Waals surface area contributed by atoms with E-state index in [1.807, 2.05) is 19.1 Å². The summed E-state index contributed by atoms with van der Waals surface area (Å²) in [5, 5.41) is 3.32. The molecule has 0 spiro atoms. The number of nitrogens with two attached hydrogens (primary N) is 1. The number of carbonyl (C=O) groups excluding carboxylic acids is 1. The van der Waals surface area contributed by atoms with Crippen LogP contribution in [0.3, 0.4) is 0 Å². The number of hydrogen-bond acceptors (Lipinski definition) is 4. The Morgan fingerprint density at radius 2 is 1.91 bits per heavy atom. The van der Waals surface area contributed by atoms with Gasteiger partial charge in [0, 0.05) is 5.39 Å². The van der Waals surface area contributed by atoms with Crippen LogP contribution in [0.25, 0.3) is 11.0 Å². The van der Waals surface area contributed by atoms with Crippen LogP contribution in [0.1, 0.15) is 15.9 Å². The van der Waals surface area contributed by atoms with Crippen LogP contribution in [-0.2, 0) is 0 Å². The van der Waals surface area contributed by atoms with Gasteiger partial charge in [-0.2, -0.15) is 0 Å². The molecule has 1 heterocycles. The van der Waals surface area contributed by atoms with Gasteiger partial charge in [0.25, 0.3) is 5.91 Å². The van der Waals surface area contributed by atoms with Crippen molar-refractivity contribution >= 4 is 28.3 Å². The third-order valence-corrected chi connectivity index (χ3v) is 3.34. The summed E-state index contributed by atoms with van der Waals surface area (Å²) in [6.45, 7) is 1.90. The maximum Gasteiger partial charge on any atom is 0.349 e. The highest BCUT2D eigenvalue weighted by atomic mass is 16.4. The summed E-state index contributed by atoms with van der Waals surface area (Å²) in [6, 6.07) is 13.8. The minimum Gasteiger partial charge on any atom is -0.422 e. The number of fused-ring (bicyclic) bond motifs is 1. The first-order valence-electron chi connectivity index (χ1n) is 6.75. The van der Waals surface area contributed by atoms with Gasteiger partial charge in [0.05, 0.1) is 11.4 Å². The highest BCUT2D eigenvalue weighted by molar-refractivity contribution is 6.06. The highest BCUT2D eigenvalue weighted by Crippen LogP contribution is 2.20. The predicted octanol–water partition coefficient (Wildman–Crippen LogP) is 2.94. The van der Waals surface area contributed by atoms with Crippen LogP contribution < -0.4 is 16.7 Å². The summed E-state index contributed by atoms with van der Waals surface area (Å²) in [6.07, 6.45) is 0. The largest absolute Gasteiger partial charge is 0.422 e. The number of rotatable bonds is 2. The smallest absolute Gasteiger partial charge is 0.349 e. The zero-order valence-corrected chi connectivity index (χ0v) is 11.9. The standard InChI is InChI=1S/C17H14N2O3/c1-10-6-7-14(13(18)8-10)19-16(20)12-9-11-4-2-3-5-15(11)22-17(12)21/h2-9H,18H2,1H3,(H,19,20). The molecule has 3 N–H and O–H groups in total. The Bertz CT molecular complexity index is 929. The molecule has 0 bridgehead atoms. The second-order valence-corrected chi connectivity index (χ2v) is 5.03. The van der Waals surface area contributed by atoms with Crippen molar-refractivity contribution in [1.29, 1.82) is 0 Å². The number of benzene rings is 2. The molecule has 0 saturated heterocycles. The van der Waals surface area contributed by atoms with Gasteiger partial charge in [-0.05, 0) is 36.8 Å². The maximum absolute atomic E-state index is 12.3. The molecule has 0 aliphatic heterocycles. The van der Waals surface area contributed by atoms with Crippen LogP contribution in [0.2, 0.25) is 0 Å². The zero-order valence-electron chi connectivity index (χ0n) is 11.9. The molecule has 0 fully saturated rings. The van der Waals surface area contributed by atoms with Crippen molar-refractivity contribution in [2.24, 2.45) is 0 Å². The summed E-state index contributed by atoms with van der Waals surface area (Å²) < 4.78 is 5.15. The van der Waals surface area contributed by atoms with Gasteiger partial charge in [-0.1, -0.05) is 24.3 Å². The summed E-state index contributed by atoms with van der Waals surface area (Å²) >= 11 is 0. The first-order valence-corrected chi connectivity index (χ1v) is 6.75. The van der Waals surface area contributed by atoms with Gasteiger partial charge in [-0.3, -0.25) is 4.79 Å². The summed E-state index contributed by atoms with van der Waals surface area (Å²) in [5.74, 6) is -0.546. The molecule has 110 valence electrons. The Balaban J connectivity index is 1.98. The first kappa shape index (κ1) is 13.9. The fraction of sp³-hybridized carbons (Fsp3) is 0.0588. The third-order valence-electron chi connectivity index (χ3n) is 3.34. The van der Waals surface area contributed by atoms with Gasteiger partial charge in [-0.15, -0.1) is 0 Å². The van der Waals surface area contributed by atoms with E-state index in [4.69, 9.17) is 10.2 Å². The molecule has 0 atom stereocenters. The van der Waals surface area contributed by atoms with Gasteiger partial charge in [-0.25, -0.2) is 4.79 Å². The average Bonchev–Trinajstić information content (AvgIpc) is 2.49. The van der Waals surface area contributed by atoms with Crippen LogP contribution in [0.15, 0.2) is 57.7 Å². The Morgan fingerprint density at radius 1 is 1.14 bits per heavy atom. The van der Waals surface area contributed by atoms with E-state index in [0.717, 1.165) is 5.56 Å². The molecule has 5 heteroatoms. The van der Waals surface area contributed by atoms with E-state index in [2.05, 4.69) is 5.32 Å². The van der Waals surface area contributed by atoms with Crippen LogP contribution in [-0.4, -0.2) is 5.91 Å². The maximum atomic E-state index is 12.3. The van der Waals surface area contributed by atoms with Crippen LogP contribution in [0.5, 0.6) is 0 Å². The van der Waals surface area contributed by atoms with Gasteiger partial charge in [0.15, 0.2) is 0 Å². The van der Waals surface area contributed by atoms with Gasteiger partial charge < -0.3 is 15.5 Å². The number of amides is 1. The lowest BCUT2D eigenvalue weighted by Gasteiger charge is -2.08. The number of hydrogen-bond donors (Lipinski definition) is 2. The lowest BCUT2D eigenvalue weighted by Crippen LogP contribution is -2.21. The van der Waals surface area contributed by atoms with Gasteiger partial charge in [0.1, 0.15) is 11.1 Å². The lowest BCUT2D eigenvalue weighted by molar-refractivity contribution is 0.102. The Kier molecular flexibility index (Phi) is 3.39. The summed E-state index contributed by atoms with van der Waals surface area (Å²) in [4.78, 5) is 24.2. The number of nitrogen functional groups attached to an aromatic ring is 1. The van der Waals surface area contributed by atoms with Crippen molar-refractivity contribution < 1.29 is 9.21 Å². The first-order chi connectivity index (χ1) is 10.5. The molecule has 0 aliphatic rings. The minimum atomic E-state index is -0.679. The summed E-state index contributed by atoms with van der Waals surface area (Å²) in [7, 11) is 0. The number of carbonyl (C=O) groups is 1. The van der Waals surface area contributed by atoms with Crippen LogP contribution in [0, 0.1) is 6.92 Å². The van der Waals surface area contributed by atoms with E-state index in [1.54, 1.807) is 30.3 Å². The Labute approximate surface area is 126 Å². The monoisotopic (exact) mass is 294 g/mol. The zero-order chi connectivity index (χ0) is 15.7. The molecule has 0 radical (unpaired) electrons. The second kappa shape index (κ2) is 5.37. The van der Waals surface area contributed by atoms with Crippen LogP contribution in [0.4, 0.5) is 11.4 Å². The van der Waals surface area contributed by atoms with Gasteiger partial charge >= 0.3 is 5.63 Å². The molecule has 0 aliphatic carbocycles. The Hall–Kier alpha value is -3.08. The molecule has 5 nitrogen and oxygen atoms in total. The molecule has 22 heavy (non-hydrogen) atoms. The second-order valence-electron chi connectivity index (χ2n) is 5.03. The Morgan fingerprint density at radius 3 is 2.68 bits per heavy atom. The van der Waals surface area contributed by atoms with E-state index in [9.17, 15) is 9.59 Å². The molecule has 1 aromatic heterocycles. The number of para-hydroxylation sites is 1. The van der Waals surface area contributed by atoms with E-state index in [-0.39, 0.29) is 5.56 Å². The molecule has 0 unspecified atom stereocenters. The van der Waals surface area contributed by atoms with Gasteiger partial charge in [0.2, 0.25) is 0 Å². The normalized spacial score (nSPS) is 10.6. The highest BCUT2D eigenvalue weighted by Gasteiger charge is 2.14. The van der Waals surface area contributed by atoms with Crippen molar-refractivity contribution in [1.82, 2.24) is 0 Å². The fourth-order valence-corrected chi connectivity index (χ4v) is 2.21. The minimum absolute atomic E-state index is 0.0568. The number of anilines is 2. The van der Waals surface area contributed by atoms with Crippen molar-refractivity contribution in [3.05, 3.63) is 70.1 Å². The van der Waals surface area contributed by atoms with Crippen molar-refractivity contribution in [2.75, 3.05) is 11.1 Å². The van der Waals surface area contributed by atoms with E-state index >= 15 is 0 Å². The van der Waals surface area contributed by atoms with Crippen molar-refractivity contribution in [3.8, 4) is 0 Å². The topological polar surface area (TPSA) is 85.3 Å². The SMILES string of the molecule is Cc1ccc(NC(=O)c2cc3ccccc3oc2=O)c(N)c1. The molecular weight excluding hydrogens is 280 g/mol. The molecule has 3 rings (SSSR count). The third kappa shape index (κ3) is 2.56. The number of nitrogens with one attached hydrogen (secondary N) is 1. The van der Waals surface area contributed by atoms with Crippen molar-refractivity contribution in [3.63, 3.8) is 0 Å². The molecule has 1 amide bonds. The molecule has 0 saturated carbocycles. The quantitative estimate of drug-likeness (QED) is 0.562. The number of aryl methyl sites for hydroxylation is 1. The predicted molar refractivity (Wildman–Crippen MR) is 86.0 cm³/mol. The van der Waals surface area contributed by atoms with Crippen molar-refractivity contribution in [2.45, 2.75) is 6.92 Å². The molecule has 2 aromatic carbocycles. The lowest BCUT2D eigenvalue weighted by atomic mass is 10.1. The van der Waals surface area contributed by atoms with E-state index in [1.165, 1.54) is 6.07 Å².